The fourth-order valence-electron chi connectivity index (χ4n) is 4.01. The highest BCUT2D eigenvalue weighted by Crippen LogP contribution is 2.35. The standard InChI is InChI=1S/C23H25N/c1-18-16-20-12-6-7-13-21(20)23(19-10-4-2-5-11-19)22(18)17-24-14-8-3-9-15-24/h2,4-7,10-13,16H,3,8-9,14-15,17H2,1H3. The Bertz CT molecular complexity index is 829. The van der Waals surface area contributed by atoms with Crippen LogP contribution in [0.25, 0.3) is 21.9 Å². The van der Waals surface area contributed by atoms with Gasteiger partial charge in [0.1, 0.15) is 0 Å². The molecule has 4 rings (SSSR count). The van der Waals surface area contributed by atoms with Crippen molar-refractivity contribution in [1.29, 1.82) is 0 Å². The molecule has 0 bridgehead atoms. The number of fused-ring (bicyclic) bond motifs is 1. The zero-order chi connectivity index (χ0) is 16.4. The molecule has 0 spiro atoms. The van der Waals surface area contributed by atoms with Crippen LogP contribution in [0.15, 0.2) is 60.7 Å². The molecule has 1 aliphatic heterocycles. The quantitative estimate of drug-likeness (QED) is 0.590. The average molecular weight is 315 g/mol. The fourth-order valence-corrected chi connectivity index (χ4v) is 4.01. The van der Waals surface area contributed by atoms with Crippen molar-refractivity contribution in [1.82, 2.24) is 4.90 Å². The van der Waals surface area contributed by atoms with E-state index in [4.69, 9.17) is 0 Å². The number of nitrogens with zero attached hydrogens (tertiary/aromatic N) is 1. The molecule has 1 heteroatoms. The number of hydrogen-bond acceptors (Lipinski definition) is 1. The monoisotopic (exact) mass is 315 g/mol. The largest absolute Gasteiger partial charge is 0.299 e. The van der Waals surface area contributed by atoms with Gasteiger partial charge < -0.3 is 0 Å². The Hall–Kier alpha value is -2.12. The SMILES string of the molecule is Cc1cc2ccccc2c(-c2ccccc2)c1CN1CCCCC1. The Morgan fingerprint density at radius 3 is 2.33 bits per heavy atom. The molecule has 0 amide bonds. The zero-order valence-corrected chi connectivity index (χ0v) is 14.5. The second kappa shape index (κ2) is 6.78. The Labute approximate surface area is 144 Å². The summed E-state index contributed by atoms with van der Waals surface area (Å²) < 4.78 is 0. The van der Waals surface area contributed by atoms with E-state index in [-0.39, 0.29) is 0 Å². The minimum absolute atomic E-state index is 1.07. The highest BCUT2D eigenvalue weighted by Gasteiger charge is 2.17. The van der Waals surface area contributed by atoms with E-state index in [9.17, 15) is 0 Å². The molecule has 0 unspecified atom stereocenters. The molecule has 3 aromatic carbocycles. The Balaban J connectivity index is 1.89. The van der Waals surface area contributed by atoms with Crippen molar-refractivity contribution in [3.63, 3.8) is 0 Å². The minimum atomic E-state index is 1.07. The van der Waals surface area contributed by atoms with Gasteiger partial charge in [-0.15, -0.1) is 0 Å². The van der Waals surface area contributed by atoms with Gasteiger partial charge in [-0.2, -0.15) is 0 Å². The summed E-state index contributed by atoms with van der Waals surface area (Å²) in [7, 11) is 0. The van der Waals surface area contributed by atoms with Crippen LogP contribution < -0.4 is 0 Å². The van der Waals surface area contributed by atoms with Crippen molar-refractivity contribution in [2.24, 2.45) is 0 Å². The lowest BCUT2D eigenvalue weighted by atomic mass is 9.89. The predicted molar refractivity (Wildman–Crippen MR) is 103 cm³/mol. The van der Waals surface area contributed by atoms with Gasteiger partial charge in [0.15, 0.2) is 0 Å². The Morgan fingerprint density at radius 1 is 0.833 bits per heavy atom. The van der Waals surface area contributed by atoms with E-state index in [1.807, 2.05) is 0 Å². The van der Waals surface area contributed by atoms with Gasteiger partial charge in [0, 0.05) is 6.54 Å². The summed E-state index contributed by atoms with van der Waals surface area (Å²) >= 11 is 0. The van der Waals surface area contributed by atoms with Crippen molar-refractivity contribution < 1.29 is 0 Å². The summed E-state index contributed by atoms with van der Waals surface area (Å²) in [6.07, 6.45) is 4.07. The fraction of sp³-hybridized carbons (Fsp3) is 0.304. The van der Waals surface area contributed by atoms with Crippen LogP contribution in [0.5, 0.6) is 0 Å². The zero-order valence-electron chi connectivity index (χ0n) is 14.5. The number of piperidine rings is 1. The molecule has 122 valence electrons. The average Bonchev–Trinajstić information content (AvgIpc) is 2.64. The molecule has 1 fully saturated rings. The summed E-state index contributed by atoms with van der Waals surface area (Å²) in [6, 6.07) is 22.1. The number of likely N-dealkylation sites (tertiary alicyclic amines) is 1. The van der Waals surface area contributed by atoms with Crippen LogP contribution in [0, 0.1) is 6.92 Å². The van der Waals surface area contributed by atoms with Crippen LogP contribution in [0.3, 0.4) is 0 Å². The number of hydrogen-bond donors (Lipinski definition) is 0. The highest BCUT2D eigenvalue weighted by atomic mass is 15.1. The normalized spacial score (nSPS) is 15.7. The molecular formula is C23H25N. The van der Waals surface area contributed by atoms with Crippen molar-refractivity contribution in [2.75, 3.05) is 13.1 Å². The molecule has 1 saturated heterocycles. The molecule has 24 heavy (non-hydrogen) atoms. The molecule has 0 atom stereocenters. The van der Waals surface area contributed by atoms with Gasteiger partial charge in [0.25, 0.3) is 0 Å². The number of aryl methyl sites for hydroxylation is 1. The van der Waals surface area contributed by atoms with Gasteiger partial charge in [0.05, 0.1) is 0 Å². The molecule has 0 N–H and O–H groups in total. The molecule has 1 heterocycles. The minimum Gasteiger partial charge on any atom is -0.299 e. The highest BCUT2D eigenvalue weighted by molar-refractivity contribution is 5.99. The second-order valence-corrected chi connectivity index (χ2v) is 6.97. The van der Waals surface area contributed by atoms with Crippen LogP contribution in [0.4, 0.5) is 0 Å². The third-order valence-electron chi connectivity index (χ3n) is 5.27. The van der Waals surface area contributed by atoms with Gasteiger partial charge in [-0.1, -0.05) is 67.1 Å². The van der Waals surface area contributed by atoms with E-state index in [2.05, 4.69) is 72.5 Å². The molecule has 0 aliphatic carbocycles. The summed E-state index contributed by atoms with van der Waals surface area (Å²) in [6.45, 7) is 5.82. The van der Waals surface area contributed by atoms with Crippen molar-refractivity contribution in [3.8, 4) is 11.1 Å². The van der Waals surface area contributed by atoms with E-state index in [1.165, 1.54) is 65.4 Å². The number of rotatable bonds is 3. The van der Waals surface area contributed by atoms with Gasteiger partial charge >= 0.3 is 0 Å². The van der Waals surface area contributed by atoms with Crippen LogP contribution in [-0.2, 0) is 6.54 Å². The maximum atomic E-state index is 2.63. The molecular weight excluding hydrogens is 290 g/mol. The first-order chi connectivity index (χ1) is 11.8. The molecule has 3 aromatic rings. The third-order valence-corrected chi connectivity index (χ3v) is 5.27. The van der Waals surface area contributed by atoms with Gasteiger partial charge in [-0.25, -0.2) is 0 Å². The first-order valence-electron chi connectivity index (χ1n) is 9.12. The first-order valence-corrected chi connectivity index (χ1v) is 9.12. The Morgan fingerprint density at radius 2 is 1.54 bits per heavy atom. The lowest BCUT2D eigenvalue weighted by molar-refractivity contribution is 0.221. The summed E-state index contributed by atoms with van der Waals surface area (Å²) in [5.41, 5.74) is 5.68. The van der Waals surface area contributed by atoms with E-state index in [0.717, 1.165) is 6.54 Å². The summed E-state index contributed by atoms with van der Waals surface area (Å²) in [5, 5.41) is 2.72. The lowest BCUT2D eigenvalue weighted by Crippen LogP contribution is -2.29. The summed E-state index contributed by atoms with van der Waals surface area (Å²) in [4.78, 5) is 2.63. The maximum absolute atomic E-state index is 2.63. The third kappa shape index (κ3) is 2.97. The van der Waals surface area contributed by atoms with E-state index in [1.54, 1.807) is 0 Å². The molecule has 1 aliphatic rings. The van der Waals surface area contributed by atoms with Crippen LogP contribution >= 0.6 is 0 Å². The molecule has 0 saturated carbocycles. The topological polar surface area (TPSA) is 3.24 Å². The van der Waals surface area contributed by atoms with Crippen LogP contribution in [0.2, 0.25) is 0 Å². The van der Waals surface area contributed by atoms with E-state index >= 15 is 0 Å². The molecule has 0 radical (unpaired) electrons. The van der Waals surface area contributed by atoms with E-state index in [0.29, 0.717) is 0 Å². The van der Waals surface area contributed by atoms with Crippen molar-refractivity contribution in [3.05, 3.63) is 71.8 Å². The lowest BCUT2D eigenvalue weighted by Gasteiger charge is -2.28. The molecule has 0 aromatic heterocycles. The predicted octanol–water partition coefficient (Wildman–Crippen LogP) is 5.80. The Kier molecular flexibility index (Phi) is 4.36. The van der Waals surface area contributed by atoms with Crippen molar-refractivity contribution >= 4 is 10.8 Å². The van der Waals surface area contributed by atoms with Gasteiger partial charge in [0.2, 0.25) is 0 Å². The molecule has 1 nitrogen and oxygen atoms in total. The maximum Gasteiger partial charge on any atom is 0.0242 e. The summed E-state index contributed by atoms with van der Waals surface area (Å²) in [5.74, 6) is 0. The van der Waals surface area contributed by atoms with Gasteiger partial charge in [-0.3, -0.25) is 4.90 Å². The van der Waals surface area contributed by atoms with Crippen molar-refractivity contribution in [2.45, 2.75) is 32.7 Å². The van der Waals surface area contributed by atoms with Crippen LogP contribution in [0.1, 0.15) is 30.4 Å². The van der Waals surface area contributed by atoms with Crippen LogP contribution in [-0.4, -0.2) is 18.0 Å². The van der Waals surface area contributed by atoms with E-state index < -0.39 is 0 Å². The smallest absolute Gasteiger partial charge is 0.0242 e. The second-order valence-electron chi connectivity index (χ2n) is 6.97. The first kappa shape index (κ1) is 15.4. The number of benzene rings is 3. The van der Waals surface area contributed by atoms with Gasteiger partial charge in [-0.05, 0) is 65.9 Å².